The molecule has 1 unspecified atom stereocenters. The fourth-order valence-electron chi connectivity index (χ4n) is 2.58. The van der Waals surface area contributed by atoms with Gasteiger partial charge in [-0.15, -0.1) is 0 Å². The third-order valence-corrected chi connectivity index (χ3v) is 5.99. The third-order valence-electron chi connectivity index (χ3n) is 3.94. The van der Waals surface area contributed by atoms with Crippen molar-refractivity contribution < 1.29 is 19.4 Å². The van der Waals surface area contributed by atoms with E-state index < -0.39 is 12.1 Å². The average molecular weight is 639 g/mol. The number of carbonyl (C=O) groups is 1. The van der Waals surface area contributed by atoms with E-state index >= 15 is 0 Å². The maximum absolute atomic E-state index is 11.2. The van der Waals surface area contributed by atoms with Gasteiger partial charge in [0.25, 0.3) is 0 Å². The first kappa shape index (κ1) is 24.3. The summed E-state index contributed by atoms with van der Waals surface area (Å²) in [6.07, 6.45) is 10.1. The van der Waals surface area contributed by atoms with Gasteiger partial charge in [0.1, 0.15) is 15.8 Å². The van der Waals surface area contributed by atoms with E-state index in [0.29, 0.717) is 24.0 Å². The Morgan fingerprint density at radius 2 is 2.28 bits per heavy atom. The van der Waals surface area contributed by atoms with Crippen molar-refractivity contribution in [2.45, 2.75) is 29.3 Å². The van der Waals surface area contributed by atoms with Crippen LogP contribution in [-0.2, 0) is 16.0 Å². The SMILES string of the molecule is CCO[C@@H](Cc1ccc(OCC=CC#CC2(I)C=CC=C(I)C2)c(Cl)c1)C(=O)O. The topological polar surface area (TPSA) is 55.8 Å². The summed E-state index contributed by atoms with van der Waals surface area (Å²) in [6.45, 7) is 2.44. The van der Waals surface area contributed by atoms with E-state index in [-0.39, 0.29) is 9.84 Å². The van der Waals surface area contributed by atoms with E-state index in [4.69, 9.17) is 21.1 Å². The number of benzene rings is 1. The predicted octanol–water partition coefficient (Wildman–Crippen LogP) is 5.76. The van der Waals surface area contributed by atoms with Gasteiger partial charge in [0.15, 0.2) is 6.10 Å². The molecule has 0 bridgehead atoms. The summed E-state index contributed by atoms with van der Waals surface area (Å²) in [5.74, 6) is 5.88. The Kier molecular flexibility index (Phi) is 10.0. The van der Waals surface area contributed by atoms with Crippen LogP contribution in [0.4, 0.5) is 0 Å². The second-order valence-electron chi connectivity index (χ2n) is 6.25. The van der Waals surface area contributed by atoms with Crippen molar-refractivity contribution in [3.05, 3.63) is 62.7 Å². The Morgan fingerprint density at radius 3 is 2.93 bits per heavy atom. The molecule has 1 aromatic carbocycles. The van der Waals surface area contributed by atoms with Crippen LogP contribution in [-0.4, -0.2) is 33.8 Å². The van der Waals surface area contributed by atoms with Gasteiger partial charge in [0.05, 0.1) is 5.02 Å². The Morgan fingerprint density at radius 1 is 1.48 bits per heavy atom. The summed E-state index contributed by atoms with van der Waals surface area (Å²) in [6, 6.07) is 5.24. The van der Waals surface area contributed by atoms with Crippen molar-refractivity contribution in [3.63, 3.8) is 0 Å². The summed E-state index contributed by atoms with van der Waals surface area (Å²) < 4.78 is 12.0. The van der Waals surface area contributed by atoms with Gasteiger partial charge in [-0.25, -0.2) is 4.79 Å². The maximum atomic E-state index is 11.2. The van der Waals surface area contributed by atoms with Gasteiger partial charge in [-0.3, -0.25) is 0 Å². The van der Waals surface area contributed by atoms with Gasteiger partial charge in [0.2, 0.25) is 0 Å². The number of alkyl halides is 1. The quantitative estimate of drug-likeness (QED) is 0.224. The standard InChI is InChI=1S/C22H21ClI2O4/c1-2-28-20(21(26)27)14-16-8-9-19(18(23)13-16)29-12-5-3-4-10-22(25)11-6-7-17(24)15-22/h3,5-9,11,13,20H,2,12,14-15H2,1H3,(H,26,27)/t20-,22?/m0/s1. The fourth-order valence-corrected chi connectivity index (χ4v) is 5.15. The van der Waals surface area contributed by atoms with Gasteiger partial charge in [-0.05, 0) is 62.9 Å². The molecule has 0 radical (unpaired) electrons. The van der Waals surface area contributed by atoms with Gasteiger partial charge >= 0.3 is 5.97 Å². The lowest BCUT2D eigenvalue weighted by Gasteiger charge is -2.19. The van der Waals surface area contributed by atoms with Crippen molar-refractivity contribution in [2.24, 2.45) is 0 Å². The number of ether oxygens (including phenoxy) is 2. The van der Waals surface area contributed by atoms with Gasteiger partial charge in [0, 0.05) is 19.4 Å². The van der Waals surface area contributed by atoms with Crippen LogP contribution in [0.5, 0.6) is 5.75 Å². The van der Waals surface area contributed by atoms with Crippen LogP contribution in [0.2, 0.25) is 5.02 Å². The second kappa shape index (κ2) is 12.0. The predicted molar refractivity (Wildman–Crippen MR) is 133 cm³/mol. The Balaban J connectivity index is 1.88. The number of carboxylic acids is 1. The molecule has 1 aliphatic rings. The second-order valence-corrected chi connectivity index (χ2v) is 9.96. The van der Waals surface area contributed by atoms with E-state index in [0.717, 1.165) is 12.0 Å². The highest BCUT2D eigenvalue weighted by atomic mass is 127. The summed E-state index contributed by atoms with van der Waals surface area (Å²) in [4.78, 5) is 11.2. The molecule has 1 aromatic rings. The molecule has 2 atom stereocenters. The van der Waals surface area contributed by atoms with Gasteiger partial charge in [-0.2, -0.15) is 0 Å². The monoisotopic (exact) mass is 638 g/mol. The van der Waals surface area contributed by atoms with Crippen LogP contribution < -0.4 is 4.74 Å². The normalized spacial score (nSPS) is 19.4. The molecule has 0 spiro atoms. The van der Waals surface area contributed by atoms with Crippen LogP contribution in [0.15, 0.2) is 52.2 Å². The number of hydrogen-bond acceptors (Lipinski definition) is 3. The molecule has 1 N–H and O–H groups in total. The number of allylic oxidation sites excluding steroid dienone is 5. The molecular formula is C22H21ClI2O4. The number of carboxylic acid groups (broad SMARTS) is 1. The molecule has 0 saturated carbocycles. The molecular weight excluding hydrogens is 617 g/mol. The van der Waals surface area contributed by atoms with Crippen molar-refractivity contribution in [3.8, 4) is 17.6 Å². The van der Waals surface area contributed by atoms with Gasteiger partial charge in [-0.1, -0.05) is 70.3 Å². The zero-order chi connectivity index (χ0) is 21.3. The Hall–Kier alpha value is -1.02. The Bertz CT molecular complexity index is 883. The van der Waals surface area contributed by atoms with E-state index in [2.05, 4.69) is 69.2 Å². The summed E-state index contributed by atoms with van der Waals surface area (Å²) in [5.41, 5.74) is 0.779. The highest BCUT2D eigenvalue weighted by Crippen LogP contribution is 2.34. The van der Waals surface area contributed by atoms with Crippen LogP contribution in [0, 0.1) is 11.8 Å². The molecule has 1 aliphatic carbocycles. The van der Waals surface area contributed by atoms with E-state index in [1.54, 1.807) is 31.2 Å². The lowest BCUT2D eigenvalue weighted by Crippen LogP contribution is -2.26. The summed E-state index contributed by atoms with van der Waals surface area (Å²) >= 11 is 11.0. The van der Waals surface area contributed by atoms with E-state index in [1.165, 1.54) is 3.58 Å². The van der Waals surface area contributed by atoms with Gasteiger partial charge < -0.3 is 14.6 Å². The zero-order valence-electron chi connectivity index (χ0n) is 15.8. The first-order valence-corrected chi connectivity index (χ1v) is 11.5. The number of aliphatic carboxylic acids is 1. The minimum Gasteiger partial charge on any atom is -0.488 e. The molecule has 7 heteroatoms. The first-order chi connectivity index (χ1) is 13.8. The minimum absolute atomic E-state index is 0.164. The highest BCUT2D eigenvalue weighted by Gasteiger charge is 2.23. The van der Waals surface area contributed by atoms with E-state index in [1.807, 2.05) is 12.2 Å². The number of rotatable bonds is 8. The largest absolute Gasteiger partial charge is 0.488 e. The molecule has 0 aromatic heterocycles. The lowest BCUT2D eigenvalue weighted by atomic mass is 10.0. The summed E-state index contributed by atoms with van der Waals surface area (Å²) in [7, 11) is 0. The summed E-state index contributed by atoms with van der Waals surface area (Å²) in [5, 5.41) is 9.61. The molecule has 2 rings (SSSR count). The molecule has 0 fully saturated rings. The van der Waals surface area contributed by atoms with E-state index in [9.17, 15) is 9.90 Å². The van der Waals surface area contributed by atoms with Crippen LogP contribution in [0.3, 0.4) is 0 Å². The minimum atomic E-state index is -0.989. The maximum Gasteiger partial charge on any atom is 0.333 e. The van der Waals surface area contributed by atoms with Crippen LogP contribution >= 0.6 is 56.8 Å². The molecule has 0 aliphatic heterocycles. The number of halogens is 3. The zero-order valence-corrected chi connectivity index (χ0v) is 20.9. The van der Waals surface area contributed by atoms with Crippen molar-refractivity contribution >= 4 is 62.8 Å². The third kappa shape index (κ3) is 8.32. The lowest BCUT2D eigenvalue weighted by molar-refractivity contribution is -0.149. The smallest absolute Gasteiger partial charge is 0.333 e. The molecule has 29 heavy (non-hydrogen) atoms. The molecule has 0 heterocycles. The van der Waals surface area contributed by atoms with Crippen LogP contribution in [0.25, 0.3) is 0 Å². The molecule has 0 saturated heterocycles. The number of hydrogen-bond donors (Lipinski definition) is 1. The average Bonchev–Trinajstić information content (AvgIpc) is 2.65. The molecule has 0 amide bonds. The molecule has 154 valence electrons. The molecule has 4 nitrogen and oxygen atoms in total. The van der Waals surface area contributed by atoms with Crippen molar-refractivity contribution in [1.82, 2.24) is 0 Å². The van der Waals surface area contributed by atoms with Crippen molar-refractivity contribution in [1.29, 1.82) is 0 Å². The Labute approximate surface area is 203 Å². The highest BCUT2D eigenvalue weighted by molar-refractivity contribution is 14.1. The fraction of sp³-hybridized carbons (Fsp3) is 0.318. The van der Waals surface area contributed by atoms with Crippen LogP contribution in [0.1, 0.15) is 18.9 Å². The van der Waals surface area contributed by atoms with Crippen molar-refractivity contribution in [2.75, 3.05) is 13.2 Å². The first-order valence-electron chi connectivity index (χ1n) is 8.99.